The Morgan fingerprint density at radius 1 is 1.44 bits per heavy atom. The topological polar surface area (TPSA) is 0 Å². The molecular formula is C7H16BrSi. The van der Waals surface area contributed by atoms with Crippen molar-refractivity contribution in [2.24, 2.45) is 0 Å². The van der Waals surface area contributed by atoms with Crippen LogP contribution in [-0.2, 0) is 0 Å². The van der Waals surface area contributed by atoms with Gasteiger partial charge >= 0.3 is 0 Å². The van der Waals surface area contributed by atoms with E-state index in [2.05, 4.69) is 36.1 Å². The fraction of sp³-hybridized carbons (Fsp3) is 1.00. The summed E-state index contributed by atoms with van der Waals surface area (Å²) in [6, 6.07) is 1.42. The third-order valence-electron chi connectivity index (χ3n) is 1.64. The van der Waals surface area contributed by atoms with E-state index in [1.807, 2.05) is 0 Å². The van der Waals surface area contributed by atoms with E-state index in [1.54, 1.807) is 0 Å². The van der Waals surface area contributed by atoms with E-state index >= 15 is 0 Å². The molecule has 55 valence electrons. The van der Waals surface area contributed by atoms with Crippen molar-refractivity contribution < 1.29 is 0 Å². The van der Waals surface area contributed by atoms with Crippen LogP contribution in [0.25, 0.3) is 0 Å². The zero-order valence-corrected chi connectivity index (χ0v) is 9.16. The lowest BCUT2D eigenvalue weighted by molar-refractivity contribution is 0.854. The van der Waals surface area contributed by atoms with Gasteiger partial charge in [0.2, 0.25) is 0 Å². The summed E-state index contributed by atoms with van der Waals surface area (Å²) < 4.78 is 0. The summed E-state index contributed by atoms with van der Waals surface area (Å²) in [4.78, 5) is 0. The van der Waals surface area contributed by atoms with Crippen LogP contribution in [0.15, 0.2) is 0 Å². The molecule has 0 amide bonds. The quantitative estimate of drug-likeness (QED) is 0.489. The van der Waals surface area contributed by atoms with Gasteiger partial charge in [0.05, 0.1) is 0 Å². The average Bonchev–Trinajstić information content (AvgIpc) is 1.87. The summed E-state index contributed by atoms with van der Waals surface area (Å²) in [6.45, 7) is 6.87. The van der Waals surface area contributed by atoms with Crippen molar-refractivity contribution in [2.45, 2.75) is 45.2 Å². The number of rotatable bonds is 4. The van der Waals surface area contributed by atoms with E-state index in [4.69, 9.17) is 0 Å². The lowest BCUT2D eigenvalue weighted by Crippen LogP contribution is -2.08. The molecule has 1 radical (unpaired) electrons. The SMILES string of the molecule is CCC[Si](Br)C(C)CC. The summed E-state index contributed by atoms with van der Waals surface area (Å²) in [7, 11) is -0.157. The normalized spacial score (nSPS) is 14.3. The van der Waals surface area contributed by atoms with Gasteiger partial charge in [-0.05, 0) is 11.6 Å². The Bertz CT molecular complexity index is 65.9. The lowest BCUT2D eigenvalue weighted by atomic mass is 10.4. The van der Waals surface area contributed by atoms with Crippen molar-refractivity contribution in [3.05, 3.63) is 0 Å². The van der Waals surface area contributed by atoms with Crippen molar-refractivity contribution in [3.63, 3.8) is 0 Å². The fourth-order valence-electron chi connectivity index (χ4n) is 0.707. The Morgan fingerprint density at radius 3 is 2.33 bits per heavy atom. The van der Waals surface area contributed by atoms with Gasteiger partial charge in [0.25, 0.3) is 0 Å². The molecule has 0 nitrogen and oxygen atoms in total. The van der Waals surface area contributed by atoms with E-state index in [0.29, 0.717) is 0 Å². The van der Waals surface area contributed by atoms with E-state index in [9.17, 15) is 0 Å². The minimum atomic E-state index is -0.157. The van der Waals surface area contributed by atoms with Crippen LogP contribution in [0.1, 0.15) is 33.6 Å². The van der Waals surface area contributed by atoms with Crippen molar-refractivity contribution in [1.29, 1.82) is 0 Å². The Morgan fingerprint density at radius 2 is 2.00 bits per heavy atom. The molecule has 0 aliphatic rings. The minimum absolute atomic E-state index is 0.157. The minimum Gasteiger partial charge on any atom is -0.128 e. The van der Waals surface area contributed by atoms with E-state index in [1.165, 1.54) is 18.9 Å². The molecule has 2 heteroatoms. The first-order chi connectivity index (χ1) is 4.22. The smallest absolute Gasteiger partial charge is 0.128 e. The van der Waals surface area contributed by atoms with Crippen molar-refractivity contribution in [2.75, 3.05) is 0 Å². The maximum absolute atomic E-state index is 3.77. The largest absolute Gasteiger partial charge is 0.138 e. The van der Waals surface area contributed by atoms with Crippen LogP contribution >= 0.6 is 15.3 Å². The number of halogens is 1. The standard InChI is InChI=1S/C7H16BrSi/c1-4-6-9(8)7(3)5-2/h7H,4-6H2,1-3H3. The highest BCUT2D eigenvalue weighted by atomic mass is 79.9. The first-order valence-corrected chi connectivity index (χ1v) is 7.77. The molecule has 0 bridgehead atoms. The molecule has 0 aromatic heterocycles. The van der Waals surface area contributed by atoms with Crippen LogP contribution in [0, 0.1) is 0 Å². The van der Waals surface area contributed by atoms with Gasteiger partial charge in [0, 0.05) is 0 Å². The highest BCUT2D eigenvalue weighted by Gasteiger charge is 2.12. The highest BCUT2D eigenvalue weighted by molar-refractivity contribution is 9.24. The maximum atomic E-state index is 3.77. The Kier molecular flexibility index (Phi) is 5.90. The summed E-state index contributed by atoms with van der Waals surface area (Å²) in [5.41, 5.74) is 0.940. The van der Waals surface area contributed by atoms with E-state index in [0.717, 1.165) is 5.54 Å². The van der Waals surface area contributed by atoms with Gasteiger partial charge in [-0.1, -0.05) is 33.6 Å². The second-order valence-electron chi connectivity index (χ2n) is 2.51. The average molecular weight is 208 g/mol. The zero-order valence-electron chi connectivity index (χ0n) is 6.58. The summed E-state index contributed by atoms with van der Waals surface area (Å²) in [5.74, 6) is 0. The van der Waals surface area contributed by atoms with Crippen LogP contribution in [-0.4, -0.2) is 7.42 Å². The van der Waals surface area contributed by atoms with E-state index in [-0.39, 0.29) is 7.42 Å². The second-order valence-corrected chi connectivity index (χ2v) is 7.94. The lowest BCUT2D eigenvalue weighted by Gasteiger charge is -2.11. The molecule has 0 aliphatic heterocycles. The van der Waals surface area contributed by atoms with Crippen molar-refractivity contribution >= 4 is 22.7 Å². The first kappa shape index (κ1) is 9.70. The molecule has 0 rings (SSSR count). The molecule has 0 aromatic rings. The molecule has 0 aromatic carbocycles. The molecule has 0 aliphatic carbocycles. The van der Waals surface area contributed by atoms with E-state index < -0.39 is 0 Å². The monoisotopic (exact) mass is 207 g/mol. The molecular weight excluding hydrogens is 192 g/mol. The number of hydrogen-bond donors (Lipinski definition) is 0. The zero-order chi connectivity index (χ0) is 7.28. The number of hydrogen-bond acceptors (Lipinski definition) is 0. The van der Waals surface area contributed by atoms with Gasteiger partial charge in [-0.25, -0.2) is 0 Å². The second kappa shape index (κ2) is 5.48. The summed E-state index contributed by atoms with van der Waals surface area (Å²) in [6.07, 6.45) is 2.67. The predicted molar refractivity (Wildman–Crippen MR) is 49.5 cm³/mol. The third kappa shape index (κ3) is 4.15. The summed E-state index contributed by atoms with van der Waals surface area (Å²) in [5, 5.41) is 0. The predicted octanol–water partition coefficient (Wildman–Crippen LogP) is 3.58. The Labute approximate surface area is 68.2 Å². The molecule has 0 N–H and O–H groups in total. The molecule has 0 fully saturated rings. The van der Waals surface area contributed by atoms with Crippen LogP contribution in [0.3, 0.4) is 0 Å². The maximum Gasteiger partial charge on any atom is 0.138 e. The molecule has 0 saturated heterocycles. The molecule has 0 spiro atoms. The Hall–Kier alpha value is 0.697. The van der Waals surface area contributed by atoms with Crippen molar-refractivity contribution in [1.82, 2.24) is 0 Å². The highest BCUT2D eigenvalue weighted by Crippen LogP contribution is 2.22. The van der Waals surface area contributed by atoms with Gasteiger partial charge in [-0.15, -0.1) is 15.3 Å². The molecule has 1 atom stereocenters. The van der Waals surface area contributed by atoms with Crippen LogP contribution in [0.5, 0.6) is 0 Å². The van der Waals surface area contributed by atoms with Crippen LogP contribution in [0.2, 0.25) is 11.6 Å². The molecule has 0 heterocycles. The van der Waals surface area contributed by atoms with Crippen LogP contribution < -0.4 is 0 Å². The van der Waals surface area contributed by atoms with Gasteiger partial charge in [-0.2, -0.15) is 0 Å². The van der Waals surface area contributed by atoms with Gasteiger partial charge in [0.15, 0.2) is 0 Å². The third-order valence-corrected chi connectivity index (χ3v) is 7.63. The van der Waals surface area contributed by atoms with Gasteiger partial charge in [0.1, 0.15) is 7.42 Å². The molecule has 0 saturated carbocycles. The van der Waals surface area contributed by atoms with Crippen molar-refractivity contribution in [3.8, 4) is 0 Å². The first-order valence-electron chi connectivity index (χ1n) is 3.73. The fourth-order valence-corrected chi connectivity index (χ4v) is 4.28. The Balaban J connectivity index is 3.32. The molecule has 9 heavy (non-hydrogen) atoms. The van der Waals surface area contributed by atoms with Gasteiger partial charge in [-0.3, -0.25) is 0 Å². The van der Waals surface area contributed by atoms with Crippen LogP contribution in [0.4, 0.5) is 0 Å². The molecule has 1 unspecified atom stereocenters. The van der Waals surface area contributed by atoms with Gasteiger partial charge < -0.3 is 0 Å². The summed E-state index contributed by atoms with van der Waals surface area (Å²) >= 11 is 3.77.